The minimum Gasteiger partial charge on any atom is -0.426 e. The molecule has 0 unspecified atom stereocenters. The third kappa shape index (κ3) is 2.18. The van der Waals surface area contributed by atoms with Gasteiger partial charge in [0.2, 0.25) is 0 Å². The fraction of sp³-hybridized carbons (Fsp3) is 0.125. The van der Waals surface area contributed by atoms with Crippen LogP contribution in [0.1, 0.15) is 0 Å². The monoisotopic (exact) mass is 148 g/mol. The van der Waals surface area contributed by atoms with Crippen molar-refractivity contribution >= 4 is 5.69 Å². The molecule has 1 aromatic rings. The number of ether oxygens (including phenoxy) is 1. The van der Waals surface area contributed by atoms with Crippen LogP contribution < -0.4 is 10.5 Å². The largest absolute Gasteiger partial charge is 0.426 e. The Labute approximate surface area is 65.2 Å². The van der Waals surface area contributed by atoms with Crippen LogP contribution >= 0.6 is 0 Å². The topological polar surface area (TPSA) is 39.6 Å². The van der Waals surface area contributed by atoms with Crippen molar-refractivity contribution in [2.45, 2.75) is 0 Å². The second-order valence-electron chi connectivity index (χ2n) is 2.00. The molecule has 0 aliphatic rings. The Morgan fingerprint density at radius 3 is 2.55 bits per heavy atom. The number of anilines is 1. The number of nitrogens with zero attached hydrogens (tertiary/aromatic N) is 1. The highest BCUT2D eigenvalue weighted by molar-refractivity contribution is 5.41. The van der Waals surface area contributed by atoms with Crippen LogP contribution in [-0.4, -0.2) is 6.73 Å². The molecule has 11 heavy (non-hydrogen) atoms. The molecule has 0 saturated carbocycles. The molecule has 0 aliphatic carbocycles. The first kappa shape index (κ1) is 7.42. The van der Waals surface area contributed by atoms with Gasteiger partial charge in [-0.15, -0.1) is 0 Å². The molecule has 0 fully saturated rings. The molecule has 0 saturated heterocycles. The van der Waals surface area contributed by atoms with Gasteiger partial charge in [0, 0.05) is 5.69 Å². The van der Waals surface area contributed by atoms with E-state index in [0.29, 0.717) is 11.4 Å². The van der Waals surface area contributed by atoms with Gasteiger partial charge in [-0.1, -0.05) is 0 Å². The number of nitrogens with two attached hydrogens (primary N) is 1. The van der Waals surface area contributed by atoms with Crippen LogP contribution in [0.15, 0.2) is 24.3 Å². The van der Waals surface area contributed by atoms with E-state index in [1.165, 1.54) is 0 Å². The molecule has 3 nitrogen and oxygen atoms in total. The molecule has 1 aromatic carbocycles. The van der Waals surface area contributed by atoms with E-state index in [1.807, 2.05) is 0 Å². The van der Waals surface area contributed by atoms with Crippen LogP contribution in [0.4, 0.5) is 5.69 Å². The molecular formula is C8H8N2O. The van der Waals surface area contributed by atoms with E-state index in [1.54, 1.807) is 24.3 Å². The molecule has 0 aliphatic heterocycles. The highest BCUT2D eigenvalue weighted by atomic mass is 16.5. The first-order chi connectivity index (χ1) is 5.33. The lowest BCUT2D eigenvalue weighted by atomic mass is 10.3. The predicted octanol–water partition coefficient (Wildman–Crippen LogP) is 1.52. The van der Waals surface area contributed by atoms with Gasteiger partial charge in [-0.25, -0.2) is 6.57 Å². The van der Waals surface area contributed by atoms with E-state index in [9.17, 15) is 0 Å². The molecule has 0 atom stereocenters. The van der Waals surface area contributed by atoms with Crippen LogP contribution in [0, 0.1) is 6.57 Å². The standard InChI is InChI=1S/C8H8N2O/c1-10-6-11-8-4-2-7(9)3-5-8/h2-5H,6,9H2. The van der Waals surface area contributed by atoms with Crippen molar-refractivity contribution in [1.29, 1.82) is 0 Å². The predicted molar refractivity (Wildman–Crippen MR) is 43.0 cm³/mol. The Bertz CT molecular complexity index is 260. The fourth-order valence-corrected chi connectivity index (χ4v) is 0.671. The summed E-state index contributed by atoms with van der Waals surface area (Å²) >= 11 is 0. The summed E-state index contributed by atoms with van der Waals surface area (Å²) in [6.07, 6.45) is 0. The highest BCUT2D eigenvalue weighted by Crippen LogP contribution is 2.12. The molecule has 0 heterocycles. The number of hydrogen-bond acceptors (Lipinski definition) is 2. The van der Waals surface area contributed by atoms with Gasteiger partial charge in [-0.3, -0.25) is 4.85 Å². The summed E-state index contributed by atoms with van der Waals surface area (Å²) in [6.45, 7) is 6.53. The van der Waals surface area contributed by atoms with Crippen LogP contribution in [0.2, 0.25) is 0 Å². The van der Waals surface area contributed by atoms with Crippen molar-refractivity contribution in [2.24, 2.45) is 0 Å². The van der Waals surface area contributed by atoms with Gasteiger partial charge in [0.15, 0.2) is 0 Å². The third-order valence-electron chi connectivity index (χ3n) is 1.18. The van der Waals surface area contributed by atoms with Gasteiger partial charge in [0.25, 0.3) is 0 Å². The quantitative estimate of drug-likeness (QED) is 0.510. The lowest BCUT2D eigenvalue weighted by Crippen LogP contribution is -1.91. The Morgan fingerprint density at radius 2 is 2.00 bits per heavy atom. The van der Waals surface area contributed by atoms with Crippen molar-refractivity contribution < 1.29 is 4.74 Å². The van der Waals surface area contributed by atoms with Crippen molar-refractivity contribution in [3.8, 4) is 5.75 Å². The molecule has 3 heteroatoms. The van der Waals surface area contributed by atoms with Gasteiger partial charge < -0.3 is 10.5 Å². The molecule has 2 N–H and O–H groups in total. The Hall–Kier alpha value is -1.69. The molecule has 0 spiro atoms. The van der Waals surface area contributed by atoms with Crippen LogP contribution in [0.5, 0.6) is 5.75 Å². The van der Waals surface area contributed by atoms with Crippen LogP contribution in [-0.2, 0) is 0 Å². The first-order valence-electron chi connectivity index (χ1n) is 3.14. The number of benzene rings is 1. The minimum atomic E-state index is 0.0594. The van der Waals surface area contributed by atoms with Crippen LogP contribution in [0.25, 0.3) is 4.85 Å². The molecule has 0 aromatic heterocycles. The van der Waals surface area contributed by atoms with Gasteiger partial charge in [0.05, 0.1) is 0 Å². The van der Waals surface area contributed by atoms with E-state index >= 15 is 0 Å². The van der Waals surface area contributed by atoms with E-state index in [4.69, 9.17) is 17.0 Å². The number of hydrogen-bond donors (Lipinski definition) is 1. The van der Waals surface area contributed by atoms with Gasteiger partial charge in [-0.05, 0) is 24.3 Å². The zero-order valence-electron chi connectivity index (χ0n) is 5.95. The zero-order valence-corrected chi connectivity index (χ0v) is 5.95. The maximum absolute atomic E-state index is 6.47. The Morgan fingerprint density at radius 1 is 1.36 bits per heavy atom. The maximum atomic E-state index is 6.47. The Balaban J connectivity index is 2.60. The van der Waals surface area contributed by atoms with Crippen molar-refractivity contribution in [3.63, 3.8) is 0 Å². The molecular weight excluding hydrogens is 140 g/mol. The summed E-state index contributed by atoms with van der Waals surface area (Å²) in [7, 11) is 0. The fourth-order valence-electron chi connectivity index (χ4n) is 0.671. The lowest BCUT2D eigenvalue weighted by molar-refractivity contribution is 0.361. The van der Waals surface area contributed by atoms with E-state index in [0.717, 1.165) is 0 Å². The van der Waals surface area contributed by atoms with Crippen LogP contribution in [0.3, 0.4) is 0 Å². The van der Waals surface area contributed by atoms with Crippen molar-refractivity contribution in [3.05, 3.63) is 35.7 Å². The summed E-state index contributed by atoms with van der Waals surface area (Å²) in [5.74, 6) is 0.676. The second kappa shape index (κ2) is 3.47. The number of rotatable bonds is 2. The lowest BCUT2D eigenvalue weighted by Gasteiger charge is -1.97. The smallest absolute Gasteiger partial charge is 0.357 e. The molecule has 0 radical (unpaired) electrons. The molecule has 0 bridgehead atoms. The van der Waals surface area contributed by atoms with Gasteiger partial charge in [0.1, 0.15) is 5.75 Å². The first-order valence-corrected chi connectivity index (χ1v) is 3.14. The van der Waals surface area contributed by atoms with E-state index < -0.39 is 0 Å². The van der Waals surface area contributed by atoms with Gasteiger partial charge >= 0.3 is 6.73 Å². The summed E-state index contributed by atoms with van der Waals surface area (Å²) in [5, 5.41) is 0. The second-order valence-corrected chi connectivity index (χ2v) is 2.00. The average Bonchev–Trinajstić information content (AvgIpc) is 2.04. The highest BCUT2D eigenvalue weighted by Gasteiger charge is 1.91. The van der Waals surface area contributed by atoms with E-state index in [2.05, 4.69) is 4.85 Å². The number of nitrogen functional groups attached to an aromatic ring is 1. The minimum absolute atomic E-state index is 0.0594. The maximum Gasteiger partial charge on any atom is 0.357 e. The van der Waals surface area contributed by atoms with Gasteiger partial charge in [-0.2, -0.15) is 0 Å². The molecule has 0 amide bonds. The SMILES string of the molecule is [C-]#[N+]COc1ccc(N)cc1. The van der Waals surface area contributed by atoms with E-state index in [-0.39, 0.29) is 6.73 Å². The third-order valence-corrected chi connectivity index (χ3v) is 1.18. The summed E-state index contributed by atoms with van der Waals surface area (Å²) in [6, 6.07) is 6.94. The molecule has 1 rings (SSSR count). The summed E-state index contributed by atoms with van der Waals surface area (Å²) < 4.78 is 5.00. The normalized spacial score (nSPS) is 8.64. The zero-order chi connectivity index (χ0) is 8.10. The Kier molecular flexibility index (Phi) is 2.34. The average molecular weight is 148 g/mol. The summed E-state index contributed by atoms with van der Waals surface area (Å²) in [4.78, 5) is 3.05. The van der Waals surface area contributed by atoms with Crippen molar-refractivity contribution in [1.82, 2.24) is 0 Å². The summed E-state index contributed by atoms with van der Waals surface area (Å²) in [5.41, 5.74) is 6.13. The molecule has 56 valence electrons. The van der Waals surface area contributed by atoms with Crippen molar-refractivity contribution in [2.75, 3.05) is 12.5 Å².